The molecule has 4 rings (SSSR count). The van der Waals surface area contributed by atoms with Gasteiger partial charge in [-0.25, -0.2) is 15.0 Å². The van der Waals surface area contributed by atoms with Crippen LogP contribution in [0.25, 0.3) is 11.2 Å². The summed E-state index contributed by atoms with van der Waals surface area (Å²) >= 11 is 0. The van der Waals surface area contributed by atoms with Crippen molar-refractivity contribution in [2.45, 2.75) is 48.8 Å². The third-order valence-electron chi connectivity index (χ3n) is 6.06. The first kappa shape index (κ1) is 27.2. The third kappa shape index (κ3) is 5.86. The number of aromatic nitrogens is 4. The van der Waals surface area contributed by atoms with E-state index in [1.807, 2.05) is 13.2 Å². The Morgan fingerprint density at radius 3 is 2.65 bits per heavy atom. The summed E-state index contributed by atoms with van der Waals surface area (Å²) in [6.07, 6.45) is 0.196. The molecule has 1 aliphatic rings. The molecule has 1 saturated heterocycles. The van der Waals surface area contributed by atoms with E-state index in [1.165, 1.54) is 29.4 Å². The Bertz CT molecular complexity index is 1370. The van der Waals surface area contributed by atoms with Gasteiger partial charge in [-0.05, 0) is 30.0 Å². The van der Waals surface area contributed by atoms with E-state index in [1.54, 1.807) is 12.1 Å². The highest BCUT2D eigenvalue weighted by molar-refractivity contribution is 7.96. The van der Waals surface area contributed by atoms with E-state index in [-0.39, 0.29) is 17.1 Å². The van der Waals surface area contributed by atoms with Crippen LogP contribution < -0.4 is 11.5 Å². The van der Waals surface area contributed by atoms with Crippen LogP contribution in [-0.2, 0) is 34.7 Å². The SMILES string of the molecule is Cc1ccc(S(=O)(=O)O[C@H]2[C@@H](O)[C@H](n3cnc4c(N)ncnc43)O[C@@H]2C[S@@+](C)CC[C@H](N)C(=O)O)cc1. The quantitative estimate of drug-likeness (QED) is 0.190. The molecule has 3 aromatic rings. The van der Waals surface area contributed by atoms with E-state index >= 15 is 0 Å². The van der Waals surface area contributed by atoms with Crippen molar-refractivity contribution in [1.29, 1.82) is 0 Å². The van der Waals surface area contributed by atoms with Crippen LogP contribution in [0.1, 0.15) is 18.2 Å². The van der Waals surface area contributed by atoms with E-state index in [0.717, 1.165) is 5.56 Å². The fourth-order valence-corrected chi connectivity index (χ4v) is 6.74. The molecule has 0 amide bonds. The van der Waals surface area contributed by atoms with Gasteiger partial charge in [0.25, 0.3) is 10.1 Å². The van der Waals surface area contributed by atoms with Gasteiger partial charge in [0.1, 0.15) is 47.7 Å². The molecule has 3 heterocycles. The van der Waals surface area contributed by atoms with Crippen LogP contribution in [0.15, 0.2) is 41.8 Å². The van der Waals surface area contributed by atoms with Crippen molar-refractivity contribution < 1.29 is 32.3 Å². The number of aliphatic carboxylic acids is 1. The number of carboxylic acid groups (broad SMARTS) is 1. The number of ether oxygens (including phenoxy) is 1. The number of nitrogens with zero attached hydrogens (tertiary/aromatic N) is 4. The maximum atomic E-state index is 13.1. The first-order valence-corrected chi connectivity index (χ1v) is 14.7. The second-order valence-electron chi connectivity index (χ2n) is 8.85. The molecular formula is C22H29N6O7S2+. The van der Waals surface area contributed by atoms with Crippen molar-refractivity contribution in [3.8, 4) is 0 Å². The zero-order valence-corrected chi connectivity index (χ0v) is 21.8. The zero-order chi connectivity index (χ0) is 26.9. The molecule has 1 aromatic carbocycles. The lowest BCUT2D eigenvalue weighted by atomic mass is 10.1. The number of carbonyl (C=O) groups is 1. The summed E-state index contributed by atoms with van der Waals surface area (Å²) in [4.78, 5) is 23.3. The first-order valence-electron chi connectivity index (χ1n) is 11.3. The number of nitrogens with two attached hydrogens (primary N) is 2. The fourth-order valence-electron chi connectivity index (χ4n) is 3.98. The highest BCUT2D eigenvalue weighted by Crippen LogP contribution is 2.36. The number of aryl methyl sites for hydroxylation is 1. The lowest BCUT2D eigenvalue weighted by molar-refractivity contribution is -0.138. The Morgan fingerprint density at radius 2 is 1.97 bits per heavy atom. The van der Waals surface area contributed by atoms with E-state index in [0.29, 0.717) is 22.7 Å². The Hall–Kier alpha value is -2.82. The molecule has 15 heteroatoms. The second-order valence-corrected chi connectivity index (χ2v) is 12.7. The van der Waals surface area contributed by atoms with Crippen LogP contribution in [0.4, 0.5) is 5.82 Å². The number of hydrogen-bond acceptors (Lipinski definition) is 11. The number of carboxylic acids is 1. The topological polar surface area (TPSA) is 206 Å². The molecule has 0 unspecified atom stereocenters. The molecule has 0 aliphatic carbocycles. The van der Waals surface area contributed by atoms with Crippen molar-refractivity contribution >= 4 is 44.0 Å². The second kappa shape index (κ2) is 10.9. The van der Waals surface area contributed by atoms with E-state index in [2.05, 4.69) is 15.0 Å². The van der Waals surface area contributed by atoms with Gasteiger partial charge >= 0.3 is 5.97 Å². The summed E-state index contributed by atoms with van der Waals surface area (Å²) in [5.41, 5.74) is 13.0. The third-order valence-corrected chi connectivity index (χ3v) is 9.22. The Balaban J connectivity index is 1.61. The van der Waals surface area contributed by atoms with Crippen molar-refractivity contribution in [3.05, 3.63) is 42.5 Å². The summed E-state index contributed by atoms with van der Waals surface area (Å²) in [6.45, 7) is 1.83. The number of nitrogen functional groups attached to an aromatic ring is 1. The predicted molar refractivity (Wildman–Crippen MR) is 136 cm³/mol. The Morgan fingerprint density at radius 1 is 1.27 bits per heavy atom. The van der Waals surface area contributed by atoms with Crippen molar-refractivity contribution in [3.63, 3.8) is 0 Å². The normalized spacial score (nSPS) is 23.8. The Kier molecular flexibility index (Phi) is 8.01. The van der Waals surface area contributed by atoms with Crippen molar-refractivity contribution in [1.82, 2.24) is 19.5 Å². The number of benzene rings is 1. The number of aliphatic hydroxyl groups is 1. The van der Waals surface area contributed by atoms with E-state index in [9.17, 15) is 18.3 Å². The molecule has 0 bridgehead atoms. The summed E-state index contributed by atoms with van der Waals surface area (Å²) in [7, 11) is -4.67. The molecule has 37 heavy (non-hydrogen) atoms. The molecule has 6 atom stereocenters. The molecule has 1 aliphatic heterocycles. The van der Waals surface area contributed by atoms with Gasteiger partial charge in [0.15, 0.2) is 17.7 Å². The lowest BCUT2D eigenvalue weighted by Crippen LogP contribution is -2.40. The number of hydrogen-bond donors (Lipinski definition) is 4. The van der Waals surface area contributed by atoms with Gasteiger partial charge in [0, 0.05) is 6.42 Å². The van der Waals surface area contributed by atoms with Gasteiger partial charge in [-0.15, -0.1) is 0 Å². The highest BCUT2D eigenvalue weighted by atomic mass is 32.2. The number of imidazole rings is 1. The minimum atomic E-state index is -4.25. The number of aliphatic hydroxyl groups excluding tert-OH is 1. The number of rotatable bonds is 10. The largest absolute Gasteiger partial charge is 0.480 e. The molecule has 13 nitrogen and oxygen atoms in total. The zero-order valence-electron chi connectivity index (χ0n) is 20.2. The van der Waals surface area contributed by atoms with Crippen molar-refractivity contribution in [2.75, 3.05) is 23.5 Å². The number of fused-ring (bicyclic) bond motifs is 1. The summed E-state index contributed by atoms with van der Waals surface area (Å²) < 4.78 is 39.4. The van der Waals surface area contributed by atoms with Crippen LogP contribution in [-0.4, -0.2) is 86.2 Å². The summed E-state index contributed by atoms with van der Waals surface area (Å²) in [5.74, 6) is -0.170. The van der Waals surface area contributed by atoms with E-state index in [4.69, 9.17) is 25.5 Å². The highest BCUT2D eigenvalue weighted by Gasteiger charge is 2.50. The van der Waals surface area contributed by atoms with Crippen molar-refractivity contribution in [2.24, 2.45) is 5.73 Å². The molecule has 2 aromatic heterocycles. The maximum absolute atomic E-state index is 13.1. The van der Waals surface area contributed by atoms with Crippen LogP contribution in [0.2, 0.25) is 0 Å². The lowest BCUT2D eigenvalue weighted by Gasteiger charge is -2.20. The first-order chi connectivity index (χ1) is 17.5. The van der Waals surface area contributed by atoms with Gasteiger partial charge < -0.3 is 26.4 Å². The molecule has 1 fully saturated rings. The molecular weight excluding hydrogens is 524 g/mol. The molecule has 6 N–H and O–H groups in total. The fraction of sp³-hybridized carbons (Fsp3) is 0.455. The summed E-state index contributed by atoms with van der Waals surface area (Å²) in [6, 6.07) is 5.15. The average molecular weight is 554 g/mol. The van der Waals surface area contributed by atoms with E-state index < -0.39 is 57.6 Å². The van der Waals surface area contributed by atoms with Crippen LogP contribution in [0, 0.1) is 6.92 Å². The van der Waals surface area contributed by atoms with Gasteiger partial charge in [0.05, 0.1) is 17.5 Å². The molecule has 0 saturated carbocycles. The van der Waals surface area contributed by atoms with Gasteiger partial charge in [-0.3, -0.25) is 13.5 Å². The van der Waals surface area contributed by atoms with Gasteiger partial charge in [-0.2, -0.15) is 8.42 Å². The Labute approximate surface area is 216 Å². The van der Waals surface area contributed by atoms with Gasteiger partial charge in [0.2, 0.25) is 0 Å². The predicted octanol–water partition coefficient (Wildman–Crippen LogP) is -0.201. The molecule has 200 valence electrons. The standard InChI is InChI=1S/C22H28N6O7S2/c1-12-3-5-13(6-4-12)37(32,33)35-18-15(9-36(2)8-7-14(23)22(30)31)34-21(17(18)29)28-11-27-16-19(24)25-10-26-20(16)28/h3-6,10-11,14-15,17-18,21,29H,7-9,23H2,1-2H3,(H2-,24,25,26,30,31)/p+1/t14-,15+,17+,18+,21+,36-/m0/s1. The van der Waals surface area contributed by atoms with Crippen LogP contribution in [0.3, 0.4) is 0 Å². The summed E-state index contributed by atoms with van der Waals surface area (Å²) in [5, 5.41) is 20.3. The monoisotopic (exact) mass is 553 g/mol. The number of anilines is 1. The minimum absolute atomic E-state index is 0.0518. The molecule has 0 spiro atoms. The van der Waals surface area contributed by atoms with Crippen LogP contribution in [0.5, 0.6) is 0 Å². The van der Waals surface area contributed by atoms with Crippen LogP contribution >= 0.6 is 0 Å². The average Bonchev–Trinajstić information content (AvgIpc) is 3.40. The van der Waals surface area contributed by atoms with Gasteiger partial charge in [-0.1, -0.05) is 17.7 Å². The maximum Gasteiger partial charge on any atom is 0.320 e. The minimum Gasteiger partial charge on any atom is -0.480 e. The molecule has 0 radical (unpaired) electrons. The smallest absolute Gasteiger partial charge is 0.320 e.